The zero-order valence-electron chi connectivity index (χ0n) is 5.36. The largest absolute Gasteiger partial charge is 0.300 e. The van der Waals surface area contributed by atoms with Gasteiger partial charge in [-0.2, -0.15) is 0 Å². The molecule has 0 saturated carbocycles. The third-order valence-electron chi connectivity index (χ3n) is 1.04. The minimum Gasteiger partial charge on any atom is -0.300 e. The zero-order chi connectivity index (χ0) is 7.33. The van der Waals surface area contributed by atoms with Crippen molar-refractivity contribution in [2.24, 2.45) is 0 Å². The first-order valence-corrected chi connectivity index (χ1v) is 3.72. The van der Waals surface area contributed by atoms with Crippen LogP contribution in [0.5, 0.6) is 0 Å². The summed E-state index contributed by atoms with van der Waals surface area (Å²) in [5, 5.41) is 0. The highest BCUT2D eigenvalue weighted by atomic mass is 35.5. The molecule has 0 aliphatic heterocycles. The fraction of sp³-hybridized carbons (Fsp3) is 0.833. The molecular weight excluding hydrogens is 159 g/mol. The van der Waals surface area contributed by atoms with Crippen molar-refractivity contribution in [2.45, 2.75) is 30.5 Å². The molecule has 0 unspecified atom stereocenters. The second kappa shape index (κ2) is 4.13. The van der Waals surface area contributed by atoms with Gasteiger partial charge in [-0.25, -0.2) is 0 Å². The van der Waals surface area contributed by atoms with Crippen LogP contribution in [0.4, 0.5) is 0 Å². The first-order valence-electron chi connectivity index (χ1n) is 2.96. The topological polar surface area (TPSA) is 17.1 Å². The molecule has 0 aromatic heterocycles. The molecule has 0 N–H and O–H groups in total. The summed E-state index contributed by atoms with van der Waals surface area (Å²) in [5.74, 6) is 0. The van der Waals surface area contributed by atoms with E-state index in [9.17, 15) is 4.79 Å². The Bertz CT molecular complexity index is 91.1. The second-order valence-corrected chi connectivity index (χ2v) is 3.52. The molecule has 0 bridgehead atoms. The molecule has 0 aromatic rings. The monoisotopic (exact) mass is 168 g/mol. The first kappa shape index (κ1) is 9.25. The molecule has 0 rings (SSSR count). The molecule has 0 spiro atoms. The van der Waals surface area contributed by atoms with E-state index < -0.39 is 4.33 Å². The van der Waals surface area contributed by atoms with Crippen LogP contribution in [0.2, 0.25) is 0 Å². The lowest BCUT2D eigenvalue weighted by molar-refractivity contribution is -0.108. The summed E-state index contributed by atoms with van der Waals surface area (Å²) >= 11 is 11.0. The molecule has 0 radical (unpaired) electrons. The van der Waals surface area contributed by atoms with Crippen LogP contribution in [0.15, 0.2) is 0 Å². The van der Waals surface area contributed by atoms with Crippen LogP contribution in [-0.2, 0) is 4.79 Å². The van der Waals surface area contributed by atoms with E-state index in [2.05, 4.69) is 0 Å². The van der Waals surface area contributed by atoms with Crippen LogP contribution in [-0.4, -0.2) is 10.6 Å². The molecule has 0 aliphatic carbocycles. The van der Waals surface area contributed by atoms with E-state index in [-0.39, 0.29) is 0 Å². The van der Waals surface area contributed by atoms with Gasteiger partial charge in [0.15, 0.2) is 10.6 Å². The molecule has 3 heteroatoms. The van der Waals surface area contributed by atoms with E-state index in [1.807, 2.05) is 6.92 Å². The Labute approximate surface area is 65.3 Å². The van der Waals surface area contributed by atoms with Gasteiger partial charge in [-0.05, 0) is 6.42 Å². The minimum atomic E-state index is -1.14. The Kier molecular flexibility index (Phi) is 4.24. The number of hydrogen-bond donors (Lipinski definition) is 0. The predicted molar refractivity (Wildman–Crippen MR) is 40.0 cm³/mol. The van der Waals surface area contributed by atoms with E-state index in [1.165, 1.54) is 0 Å². The average molecular weight is 169 g/mol. The third kappa shape index (κ3) is 4.73. The fourth-order valence-corrected chi connectivity index (χ4v) is 0.739. The summed E-state index contributed by atoms with van der Waals surface area (Å²) in [4.78, 5) is 10.1. The van der Waals surface area contributed by atoms with E-state index >= 15 is 0 Å². The Hall–Kier alpha value is 0.250. The SMILES string of the molecule is CCCCC(Cl)(Cl)C=O. The van der Waals surface area contributed by atoms with Gasteiger partial charge in [0.2, 0.25) is 0 Å². The van der Waals surface area contributed by atoms with Gasteiger partial charge in [0, 0.05) is 0 Å². The summed E-state index contributed by atoms with van der Waals surface area (Å²) < 4.78 is -1.14. The van der Waals surface area contributed by atoms with Crippen molar-refractivity contribution in [3.63, 3.8) is 0 Å². The van der Waals surface area contributed by atoms with Crippen molar-refractivity contribution in [2.75, 3.05) is 0 Å². The van der Waals surface area contributed by atoms with Gasteiger partial charge < -0.3 is 4.79 Å². The summed E-state index contributed by atoms with van der Waals surface area (Å²) in [5.41, 5.74) is 0. The number of aldehydes is 1. The first-order chi connectivity index (χ1) is 4.12. The van der Waals surface area contributed by atoms with Crippen molar-refractivity contribution in [1.29, 1.82) is 0 Å². The molecule has 0 heterocycles. The fourth-order valence-electron chi connectivity index (χ4n) is 0.471. The number of hydrogen-bond acceptors (Lipinski definition) is 1. The molecule has 54 valence electrons. The average Bonchev–Trinajstić information content (AvgIpc) is 1.84. The lowest BCUT2D eigenvalue weighted by Gasteiger charge is -2.08. The predicted octanol–water partition coefficient (Wildman–Crippen LogP) is 2.55. The Morgan fingerprint density at radius 3 is 2.44 bits per heavy atom. The lowest BCUT2D eigenvalue weighted by Crippen LogP contribution is -2.13. The van der Waals surface area contributed by atoms with E-state index in [0.29, 0.717) is 12.7 Å². The second-order valence-electron chi connectivity index (χ2n) is 1.98. The van der Waals surface area contributed by atoms with Gasteiger partial charge in [-0.1, -0.05) is 43.0 Å². The Balaban J connectivity index is 3.45. The number of carbonyl (C=O) groups is 1. The number of rotatable bonds is 4. The number of carbonyl (C=O) groups excluding carboxylic acids is 1. The highest BCUT2D eigenvalue weighted by molar-refractivity contribution is 6.55. The van der Waals surface area contributed by atoms with Crippen molar-refractivity contribution >= 4 is 29.5 Å². The van der Waals surface area contributed by atoms with Crippen LogP contribution in [0.3, 0.4) is 0 Å². The van der Waals surface area contributed by atoms with Gasteiger partial charge in [-0.3, -0.25) is 0 Å². The Morgan fingerprint density at radius 1 is 1.56 bits per heavy atom. The summed E-state index contributed by atoms with van der Waals surface area (Å²) in [6.07, 6.45) is 3.03. The summed E-state index contributed by atoms with van der Waals surface area (Å²) in [6, 6.07) is 0. The van der Waals surface area contributed by atoms with E-state index in [4.69, 9.17) is 23.2 Å². The highest BCUT2D eigenvalue weighted by Crippen LogP contribution is 2.24. The smallest absolute Gasteiger partial charge is 0.172 e. The summed E-state index contributed by atoms with van der Waals surface area (Å²) in [7, 11) is 0. The van der Waals surface area contributed by atoms with Gasteiger partial charge in [0.05, 0.1) is 0 Å². The van der Waals surface area contributed by atoms with Gasteiger partial charge >= 0.3 is 0 Å². The molecule has 9 heavy (non-hydrogen) atoms. The number of unbranched alkanes of at least 4 members (excludes halogenated alkanes) is 1. The van der Waals surface area contributed by atoms with E-state index in [1.54, 1.807) is 0 Å². The van der Waals surface area contributed by atoms with Crippen molar-refractivity contribution in [1.82, 2.24) is 0 Å². The molecule has 0 aliphatic rings. The molecule has 0 aromatic carbocycles. The molecule has 0 atom stereocenters. The van der Waals surface area contributed by atoms with Crippen molar-refractivity contribution in [3.05, 3.63) is 0 Å². The minimum absolute atomic E-state index is 0.552. The maximum atomic E-state index is 10.1. The van der Waals surface area contributed by atoms with Gasteiger partial charge in [0.25, 0.3) is 0 Å². The van der Waals surface area contributed by atoms with Crippen LogP contribution in [0, 0.1) is 0 Å². The van der Waals surface area contributed by atoms with E-state index in [0.717, 1.165) is 12.8 Å². The Morgan fingerprint density at radius 2 is 2.11 bits per heavy atom. The van der Waals surface area contributed by atoms with Crippen LogP contribution in [0.25, 0.3) is 0 Å². The van der Waals surface area contributed by atoms with Crippen LogP contribution >= 0.6 is 23.2 Å². The quantitative estimate of drug-likeness (QED) is 0.466. The summed E-state index contributed by atoms with van der Waals surface area (Å²) in [6.45, 7) is 2.02. The number of halogens is 2. The lowest BCUT2D eigenvalue weighted by atomic mass is 10.2. The molecule has 0 amide bonds. The van der Waals surface area contributed by atoms with Gasteiger partial charge in [-0.15, -0.1) is 0 Å². The maximum absolute atomic E-state index is 10.1. The van der Waals surface area contributed by atoms with Crippen LogP contribution in [0.1, 0.15) is 26.2 Å². The zero-order valence-corrected chi connectivity index (χ0v) is 6.87. The molecule has 1 nitrogen and oxygen atoms in total. The normalized spacial score (nSPS) is 11.4. The number of alkyl halides is 2. The van der Waals surface area contributed by atoms with Crippen molar-refractivity contribution < 1.29 is 4.79 Å². The highest BCUT2D eigenvalue weighted by Gasteiger charge is 2.20. The van der Waals surface area contributed by atoms with Gasteiger partial charge in [0.1, 0.15) is 0 Å². The standard InChI is InChI=1S/C6H10Cl2O/c1-2-3-4-6(7,8)5-9/h5H,2-4H2,1H3. The maximum Gasteiger partial charge on any atom is 0.172 e. The molecular formula is C6H10Cl2O. The van der Waals surface area contributed by atoms with Crippen LogP contribution < -0.4 is 0 Å². The molecule has 0 saturated heterocycles. The third-order valence-corrected chi connectivity index (χ3v) is 1.59. The molecule has 0 fully saturated rings. The van der Waals surface area contributed by atoms with Crippen molar-refractivity contribution in [3.8, 4) is 0 Å².